The number of benzene rings is 2. The highest BCUT2D eigenvalue weighted by Gasteiger charge is 2.23. The summed E-state index contributed by atoms with van der Waals surface area (Å²) in [6, 6.07) is 19.3. The van der Waals surface area contributed by atoms with Gasteiger partial charge in [0, 0.05) is 50.2 Å². The number of fused-ring (bicyclic) bond motifs is 1. The van der Waals surface area contributed by atoms with Crippen LogP contribution in [0.2, 0.25) is 0 Å². The molecule has 2 fully saturated rings. The van der Waals surface area contributed by atoms with Crippen LogP contribution in [-0.2, 0) is 4.74 Å². The van der Waals surface area contributed by atoms with Crippen LogP contribution < -0.4 is 4.90 Å². The van der Waals surface area contributed by atoms with Crippen LogP contribution >= 0.6 is 24.8 Å². The topological polar surface area (TPSA) is 48.8 Å². The lowest BCUT2D eigenvalue weighted by Crippen LogP contribution is -2.46. The summed E-state index contributed by atoms with van der Waals surface area (Å²) in [5.41, 5.74) is 3.24. The Morgan fingerprint density at radius 3 is 2.42 bits per heavy atom. The maximum absolute atomic E-state index is 9.96. The number of hydrogen-bond donors (Lipinski definition) is 1. The fraction of sp³-hybridized carbons (Fsp3) is 0.423. The molecule has 33 heavy (non-hydrogen) atoms. The molecular weight excluding hydrogens is 457 g/mol. The SMILES string of the molecule is CCN1CCN(c2nc(-c3ccc(C4CC(O)CCO4)cc3)cc3ccccc23)CC1.Cl.Cl. The van der Waals surface area contributed by atoms with Crippen molar-refractivity contribution in [1.29, 1.82) is 0 Å². The van der Waals surface area contributed by atoms with E-state index in [4.69, 9.17) is 9.72 Å². The highest BCUT2D eigenvalue weighted by Crippen LogP contribution is 2.33. The predicted octanol–water partition coefficient (Wildman–Crippen LogP) is 5.10. The Hall–Kier alpha value is -1.89. The molecule has 2 aromatic carbocycles. The molecule has 5 rings (SSSR count). The van der Waals surface area contributed by atoms with Gasteiger partial charge in [0.05, 0.1) is 17.9 Å². The molecular formula is C26H33Cl2N3O2. The zero-order valence-electron chi connectivity index (χ0n) is 19.0. The maximum atomic E-state index is 9.96. The van der Waals surface area contributed by atoms with E-state index in [-0.39, 0.29) is 37.0 Å². The molecule has 0 saturated carbocycles. The van der Waals surface area contributed by atoms with Gasteiger partial charge in [0.2, 0.25) is 0 Å². The number of pyridine rings is 1. The van der Waals surface area contributed by atoms with Gasteiger partial charge in [-0.1, -0.05) is 55.5 Å². The lowest BCUT2D eigenvalue weighted by atomic mass is 9.97. The minimum Gasteiger partial charge on any atom is -0.393 e. The molecule has 0 spiro atoms. The van der Waals surface area contributed by atoms with Crippen molar-refractivity contribution in [2.75, 3.05) is 44.2 Å². The van der Waals surface area contributed by atoms with E-state index in [0.717, 1.165) is 61.8 Å². The van der Waals surface area contributed by atoms with Gasteiger partial charge in [-0.3, -0.25) is 0 Å². The van der Waals surface area contributed by atoms with Crippen molar-refractivity contribution in [2.45, 2.75) is 32.0 Å². The highest BCUT2D eigenvalue weighted by molar-refractivity contribution is 5.95. The van der Waals surface area contributed by atoms with Crippen molar-refractivity contribution >= 4 is 41.4 Å². The molecule has 0 amide bonds. The second-order valence-electron chi connectivity index (χ2n) is 8.63. The van der Waals surface area contributed by atoms with Crippen LogP contribution in [0.1, 0.15) is 31.4 Å². The molecule has 3 aromatic rings. The van der Waals surface area contributed by atoms with Crippen LogP contribution in [-0.4, -0.2) is 60.4 Å². The van der Waals surface area contributed by atoms with Gasteiger partial charge in [-0.25, -0.2) is 4.98 Å². The van der Waals surface area contributed by atoms with E-state index in [1.165, 1.54) is 10.8 Å². The molecule has 2 aliphatic heterocycles. The Morgan fingerprint density at radius 2 is 1.73 bits per heavy atom. The second-order valence-corrected chi connectivity index (χ2v) is 8.63. The van der Waals surface area contributed by atoms with Gasteiger partial charge in [0.25, 0.3) is 0 Å². The largest absolute Gasteiger partial charge is 0.393 e. The summed E-state index contributed by atoms with van der Waals surface area (Å²) in [6.45, 7) is 8.14. The molecule has 1 N–H and O–H groups in total. The Balaban J connectivity index is 0.00000153. The molecule has 0 bridgehead atoms. The number of nitrogens with zero attached hydrogens (tertiary/aromatic N) is 3. The number of anilines is 1. The Labute approximate surface area is 208 Å². The molecule has 178 valence electrons. The van der Waals surface area contributed by atoms with Gasteiger partial charge in [0.15, 0.2) is 0 Å². The van der Waals surface area contributed by atoms with Gasteiger partial charge in [-0.05, 0) is 30.0 Å². The standard InChI is InChI=1S/C26H31N3O2.2ClH/c1-2-28-12-14-29(15-13-28)26-23-6-4-3-5-21(23)17-24(27-26)19-7-9-20(10-8-19)25-18-22(30)11-16-31-25;;/h3-10,17,22,25,30H,2,11-16,18H2,1H3;2*1H. The van der Waals surface area contributed by atoms with Crippen LogP contribution in [0.3, 0.4) is 0 Å². The number of halogens is 2. The molecule has 2 aliphatic rings. The third-order valence-electron chi connectivity index (χ3n) is 6.67. The van der Waals surface area contributed by atoms with E-state index < -0.39 is 0 Å². The fourth-order valence-electron chi connectivity index (χ4n) is 4.73. The lowest BCUT2D eigenvalue weighted by molar-refractivity contribution is -0.0447. The molecule has 2 atom stereocenters. The second kappa shape index (κ2) is 11.5. The van der Waals surface area contributed by atoms with Crippen molar-refractivity contribution < 1.29 is 9.84 Å². The summed E-state index contributed by atoms with van der Waals surface area (Å²) in [6.07, 6.45) is 1.11. The summed E-state index contributed by atoms with van der Waals surface area (Å²) < 4.78 is 5.87. The molecule has 1 aromatic heterocycles. The fourth-order valence-corrected chi connectivity index (χ4v) is 4.73. The van der Waals surface area contributed by atoms with Gasteiger partial charge in [-0.2, -0.15) is 0 Å². The molecule has 3 heterocycles. The number of aromatic nitrogens is 1. The molecule has 2 saturated heterocycles. The first-order chi connectivity index (χ1) is 15.2. The van der Waals surface area contributed by atoms with E-state index in [9.17, 15) is 5.11 Å². The van der Waals surface area contributed by atoms with Crippen LogP contribution in [0.4, 0.5) is 5.82 Å². The number of rotatable bonds is 4. The van der Waals surface area contributed by atoms with E-state index in [0.29, 0.717) is 13.0 Å². The maximum Gasteiger partial charge on any atom is 0.137 e. The minimum absolute atomic E-state index is 0. The number of aliphatic hydroxyl groups excluding tert-OH is 1. The molecule has 5 nitrogen and oxygen atoms in total. The third-order valence-corrected chi connectivity index (χ3v) is 6.67. The van der Waals surface area contributed by atoms with E-state index >= 15 is 0 Å². The zero-order chi connectivity index (χ0) is 21.2. The van der Waals surface area contributed by atoms with Crippen LogP contribution in [0, 0.1) is 0 Å². The number of ether oxygens (including phenoxy) is 1. The van der Waals surface area contributed by atoms with Crippen molar-refractivity contribution in [1.82, 2.24) is 9.88 Å². The molecule has 2 unspecified atom stereocenters. The smallest absolute Gasteiger partial charge is 0.137 e. The van der Waals surface area contributed by atoms with Gasteiger partial charge in [0.1, 0.15) is 5.82 Å². The van der Waals surface area contributed by atoms with Crippen LogP contribution in [0.5, 0.6) is 0 Å². The highest BCUT2D eigenvalue weighted by atomic mass is 35.5. The Kier molecular flexibility index (Phi) is 8.96. The first-order valence-electron chi connectivity index (χ1n) is 11.5. The molecule has 7 heteroatoms. The Bertz CT molecular complexity index is 1040. The van der Waals surface area contributed by atoms with E-state index in [1.807, 2.05) is 0 Å². The monoisotopic (exact) mass is 489 g/mol. The molecule has 0 radical (unpaired) electrons. The third kappa shape index (κ3) is 5.61. The normalized spacial score (nSPS) is 21.3. The number of likely N-dealkylation sites (N-methyl/N-ethyl adjacent to an activating group) is 1. The van der Waals surface area contributed by atoms with Gasteiger partial charge < -0.3 is 19.6 Å². The number of piperazine rings is 1. The van der Waals surface area contributed by atoms with Crippen LogP contribution in [0.25, 0.3) is 22.0 Å². The van der Waals surface area contributed by atoms with Crippen LogP contribution in [0.15, 0.2) is 54.6 Å². The summed E-state index contributed by atoms with van der Waals surface area (Å²) in [5, 5.41) is 12.4. The first kappa shape index (κ1) is 25.7. The summed E-state index contributed by atoms with van der Waals surface area (Å²) in [7, 11) is 0. The molecule has 0 aliphatic carbocycles. The average Bonchev–Trinajstić information content (AvgIpc) is 2.83. The summed E-state index contributed by atoms with van der Waals surface area (Å²) in [4.78, 5) is 10.1. The predicted molar refractivity (Wildman–Crippen MR) is 140 cm³/mol. The first-order valence-corrected chi connectivity index (χ1v) is 11.5. The zero-order valence-corrected chi connectivity index (χ0v) is 20.7. The van der Waals surface area contributed by atoms with Gasteiger partial charge >= 0.3 is 0 Å². The minimum atomic E-state index is -0.267. The quantitative estimate of drug-likeness (QED) is 0.552. The summed E-state index contributed by atoms with van der Waals surface area (Å²) >= 11 is 0. The number of hydrogen-bond acceptors (Lipinski definition) is 5. The van der Waals surface area contributed by atoms with E-state index in [1.54, 1.807) is 0 Å². The van der Waals surface area contributed by atoms with Crippen molar-refractivity contribution in [3.63, 3.8) is 0 Å². The van der Waals surface area contributed by atoms with E-state index in [2.05, 4.69) is 71.3 Å². The average molecular weight is 490 g/mol. The van der Waals surface area contributed by atoms with Gasteiger partial charge in [-0.15, -0.1) is 24.8 Å². The Morgan fingerprint density at radius 1 is 1.00 bits per heavy atom. The lowest BCUT2D eigenvalue weighted by Gasteiger charge is -2.35. The summed E-state index contributed by atoms with van der Waals surface area (Å²) in [5.74, 6) is 1.09. The van der Waals surface area contributed by atoms with Crippen molar-refractivity contribution in [3.8, 4) is 11.3 Å². The van der Waals surface area contributed by atoms with Crippen molar-refractivity contribution in [2.24, 2.45) is 0 Å². The number of aliphatic hydroxyl groups is 1. The van der Waals surface area contributed by atoms with Crippen molar-refractivity contribution in [3.05, 3.63) is 60.2 Å².